The SMILES string of the molecule is Cc1nc(Cl)n(-c2ccc(Cl)cc2)c1-c1c(F)ccc(F)c1F. The third-order valence-electron chi connectivity index (χ3n) is 3.38. The van der Waals surface area contributed by atoms with Gasteiger partial charge in [-0.15, -0.1) is 0 Å². The molecule has 0 N–H and O–H groups in total. The van der Waals surface area contributed by atoms with Gasteiger partial charge in [-0.05, 0) is 54.9 Å². The van der Waals surface area contributed by atoms with E-state index in [0.29, 0.717) is 10.7 Å². The summed E-state index contributed by atoms with van der Waals surface area (Å²) in [6.45, 7) is 1.54. The van der Waals surface area contributed by atoms with Crippen LogP contribution in [0, 0.1) is 24.4 Å². The maximum absolute atomic E-state index is 14.2. The van der Waals surface area contributed by atoms with E-state index >= 15 is 0 Å². The molecule has 0 saturated carbocycles. The summed E-state index contributed by atoms with van der Waals surface area (Å²) in [7, 11) is 0. The molecule has 0 saturated heterocycles. The lowest BCUT2D eigenvalue weighted by Gasteiger charge is -2.12. The summed E-state index contributed by atoms with van der Waals surface area (Å²) < 4.78 is 43.2. The lowest BCUT2D eigenvalue weighted by atomic mass is 10.1. The van der Waals surface area contributed by atoms with Crippen LogP contribution in [0.15, 0.2) is 36.4 Å². The van der Waals surface area contributed by atoms with E-state index in [1.54, 1.807) is 24.3 Å². The third kappa shape index (κ3) is 2.71. The van der Waals surface area contributed by atoms with Crippen LogP contribution in [0.1, 0.15) is 5.69 Å². The summed E-state index contributed by atoms with van der Waals surface area (Å²) in [6, 6.07) is 8.03. The number of aromatic nitrogens is 2. The zero-order valence-electron chi connectivity index (χ0n) is 11.7. The molecule has 23 heavy (non-hydrogen) atoms. The minimum atomic E-state index is -1.29. The highest BCUT2D eigenvalue weighted by atomic mass is 35.5. The van der Waals surface area contributed by atoms with E-state index < -0.39 is 23.0 Å². The van der Waals surface area contributed by atoms with Crippen LogP contribution in [-0.4, -0.2) is 9.55 Å². The molecule has 2 nitrogen and oxygen atoms in total. The number of halogens is 5. The van der Waals surface area contributed by atoms with Gasteiger partial charge in [0.15, 0.2) is 11.6 Å². The lowest BCUT2D eigenvalue weighted by molar-refractivity contribution is 0.498. The van der Waals surface area contributed by atoms with Crippen molar-refractivity contribution >= 4 is 23.2 Å². The van der Waals surface area contributed by atoms with Crippen LogP contribution in [0.25, 0.3) is 16.9 Å². The highest BCUT2D eigenvalue weighted by Crippen LogP contribution is 2.34. The zero-order chi connectivity index (χ0) is 16.7. The Labute approximate surface area is 140 Å². The van der Waals surface area contributed by atoms with Crippen molar-refractivity contribution in [2.24, 2.45) is 0 Å². The summed E-state index contributed by atoms with van der Waals surface area (Å²) in [5, 5.41) is 0.495. The molecule has 2 aromatic carbocycles. The Hall–Kier alpha value is -1.98. The van der Waals surface area contributed by atoms with Crippen LogP contribution in [0.3, 0.4) is 0 Å². The van der Waals surface area contributed by atoms with Crippen LogP contribution >= 0.6 is 23.2 Å². The van der Waals surface area contributed by atoms with Gasteiger partial charge >= 0.3 is 0 Å². The summed E-state index contributed by atoms with van der Waals surface area (Å²) in [5.74, 6) is -3.35. The van der Waals surface area contributed by atoms with Crippen molar-refractivity contribution in [3.8, 4) is 16.9 Å². The van der Waals surface area contributed by atoms with Gasteiger partial charge in [0, 0.05) is 10.7 Å². The van der Waals surface area contributed by atoms with Gasteiger partial charge in [0.25, 0.3) is 0 Å². The number of aryl methyl sites for hydroxylation is 1. The fourth-order valence-corrected chi connectivity index (χ4v) is 2.79. The van der Waals surface area contributed by atoms with Crippen molar-refractivity contribution in [3.63, 3.8) is 0 Å². The number of imidazole rings is 1. The number of benzene rings is 2. The standard InChI is InChI=1S/C16H9Cl2F3N2/c1-8-15(13-11(19)6-7-12(20)14(13)21)23(16(18)22-8)10-4-2-9(17)3-5-10/h2-7H,1H3. The van der Waals surface area contributed by atoms with Gasteiger partial charge in [0.2, 0.25) is 5.28 Å². The molecule has 1 heterocycles. The van der Waals surface area contributed by atoms with Gasteiger partial charge in [-0.1, -0.05) is 11.6 Å². The molecule has 0 aliphatic heterocycles. The first kappa shape index (κ1) is 15.9. The third-order valence-corrected chi connectivity index (χ3v) is 3.88. The van der Waals surface area contributed by atoms with Crippen molar-refractivity contribution in [3.05, 3.63) is 69.9 Å². The molecule has 3 aromatic rings. The minimum absolute atomic E-state index is 0.00267. The molecule has 0 amide bonds. The fraction of sp³-hybridized carbons (Fsp3) is 0.0625. The van der Waals surface area contributed by atoms with E-state index in [1.165, 1.54) is 11.5 Å². The van der Waals surface area contributed by atoms with E-state index in [0.717, 1.165) is 12.1 Å². The molecular formula is C16H9Cl2F3N2. The Morgan fingerprint density at radius 1 is 0.913 bits per heavy atom. The van der Waals surface area contributed by atoms with Gasteiger partial charge in [0.1, 0.15) is 5.82 Å². The second-order valence-electron chi connectivity index (χ2n) is 4.84. The maximum atomic E-state index is 14.2. The van der Waals surface area contributed by atoms with Crippen molar-refractivity contribution in [2.75, 3.05) is 0 Å². The summed E-state index contributed by atoms with van der Waals surface area (Å²) in [6.07, 6.45) is 0. The molecule has 0 aliphatic carbocycles. The Morgan fingerprint density at radius 2 is 1.52 bits per heavy atom. The van der Waals surface area contributed by atoms with E-state index in [2.05, 4.69) is 4.98 Å². The van der Waals surface area contributed by atoms with Crippen molar-refractivity contribution in [2.45, 2.75) is 6.92 Å². The van der Waals surface area contributed by atoms with Crippen LogP contribution in [0.5, 0.6) is 0 Å². The van der Waals surface area contributed by atoms with Gasteiger partial charge in [-0.25, -0.2) is 18.2 Å². The molecule has 0 fully saturated rings. The summed E-state index contributed by atoms with van der Waals surface area (Å²) in [5.41, 5.74) is 0.301. The summed E-state index contributed by atoms with van der Waals surface area (Å²) in [4.78, 5) is 4.04. The first-order valence-corrected chi connectivity index (χ1v) is 7.30. The molecule has 0 aliphatic rings. The number of hydrogen-bond donors (Lipinski definition) is 0. The van der Waals surface area contributed by atoms with Crippen molar-refractivity contribution < 1.29 is 13.2 Å². The van der Waals surface area contributed by atoms with Gasteiger partial charge in [-0.3, -0.25) is 4.57 Å². The van der Waals surface area contributed by atoms with Crippen molar-refractivity contribution in [1.82, 2.24) is 9.55 Å². The van der Waals surface area contributed by atoms with E-state index in [-0.39, 0.29) is 16.7 Å². The van der Waals surface area contributed by atoms with Gasteiger partial charge < -0.3 is 0 Å². The average molecular weight is 357 g/mol. The Balaban J connectivity index is 2.34. The predicted octanol–water partition coefficient (Wildman–Crippen LogP) is 5.57. The van der Waals surface area contributed by atoms with Crippen LogP contribution in [-0.2, 0) is 0 Å². The van der Waals surface area contributed by atoms with Crippen molar-refractivity contribution in [1.29, 1.82) is 0 Å². The highest BCUT2D eigenvalue weighted by molar-refractivity contribution is 6.30. The number of hydrogen-bond acceptors (Lipinski definition) is 1. The number of nitrogens with zero attached hydrogens (tertiary/aromatic N) is 2. The quantitative estimate of drug-likeness (QED) is 0.548. The first-order valence-electron chi connectivity index (χ1n) is 6.54. The molecule has 0 radical (unpaired) electrons. The number of rotatable bonds is 2. The fourth-order valence-electron chi connectivity index (χ4n) is 2.36. The molecule has 118 valence electrons. The normalized spacial score (nSPS) is 11.0. The molecule has 0 atom stereocenters. The van der Waals surface area contributed by atoms with E-state index in [4.69, 9.17) is 23.2 Å². The monoisotopic (exact) mass is 356 g/mol. The zero-order valence-corrected chi connectivity index (χ0v) is 13.3. The van der Waals surface area contributed by atoms with E-state index in [1.807, 2.05) is 0 Å². The Morgan fingerprint density at radius 3 is 2.17 bits per heavy atom. The first-order chi connectivity index (χ1) is 10.9. The Kier molecular flexibility index (Phi) is 4.08. The van der Waals surface area contributed by atoms with Gasteiger partial charge in [0.05, 0.1) is 17.0 Å². The average Bonchev–Trinajstić information content (AvgIpc) is 2.79. The van der Waals surface area contributed by atoms with Crippen LogP contribution in [0.4, 0.5) is 13.2 Å². The molecule has 0 unspecified atom stereocenters. The minimum Gasteiger partial charge on any atom is -0.283 e. The molecule has 0 bridgehead atoms. The second kappa shape index (κ2) is 5.91. The molecule has 7 heteroatoms. The van der Waals surface area contributed by atoms with Gasteiger partial charge in [-0.2, -0.15) is 0 Å². The molecule has 1 aromatic heterocycles. The molecule has 3 rings (SSSR count). The smallest absolute Gasteiger partial charge is 0.208 e. The van der Waals surface area contributed by atoms with Crippen LogP contribution in [0.2, 0.25) is 10.3 Å². The molecule has 0 spiro atoms. The lowest BCUT2D eigenvalue weighted by Crippen LogP contribution is -2.02. The summed E-state index contributed by atoms with van der Waals surface area (Å²) >= 11 is 11.9. The topological polar surface area (TPSA) is 17.8 Å². The maximum Gasteiger partial charge on any atom is 0.208 e. The van der Waals surface area contributed by atoms with Crippen LogP contribution < -0.4 is 0 Å². The largest absolute Gasteiger partial charge is 0.283 e. The molecular weight excluding hydrogens is 348 g/mol. The second-order valence-corrected chi connectivity index (χ2v) is 5.62. The Bertz CT molecular complexity index is 889. The highest BCUT2D eigenvalue weighted by Gasteiger charge is 2.24. The predicted molar refractivity (Wildman–Crippen MR) is 83.6 cm³/mol. The van der Waals surface area contributed by atoms with E-state index in [9.17, 15) is 13.2 Å².